The molecule has 3 aromatic heterocycles. The predicted molar refractivity (Wildman–Crippen MR) is 112 cm³/mol. The number of anilines is 1. The third-order valence-corrected chi connectivity index (χ3v) is 6.77. The van der Waals surface area contributed by atoms with E-state index < -0.39 is 23.4 Å². The van der Waals surface area contributed by atoms with Crippen molar-refractivity contribution in [1.29, 1.82) is 0 Å². The molecule has 1 aromatic carbocycles. The van der Waals surface area contributed by atoms with E-state index in [2.05, 4.69) is 24.2 Å². The highest BCUT2D eigenvalue weighted by molar-refractivity contribution is 7.86. The number of fused-ring (bicyclic) bond motifs is 2. The highest BCUT2D eigenvalue weighted by Gasteiger charge is 2.24. The minimum absolute atomic E-state index is 0.0398. The highest BCUT2D eigenvalue weighted by Crippen LogP contribution is 2.36. The van der Waals surface area contributed by atoms with Crippen molar-refractivity contribution in [3.05, 3.63) is 47.0 Å². The fraction of sp³-hybridized carbons (Fsp3) is 0.222. The van der Waals surface area contributed by atoms with E-state index in [4.69, 9.17) is 23.5 Å². The van der Waals surface area contributed by atoms with Crippen LogP contribution in [0.5, 0.6) is 5.88 Å². The highest BCUT2D eigenvalue weighted by atomic mass is 35.5. The maximum Gasteiger partial charge on any atom is 0.336 e. The number of benzene rings is 1. The number of H-pyrrole nitrogens is 1. The number of hydrogen-bond donors (Lipinski definition) is 2. The number of halogens is 4. The molecule has 1 aliphatic rings. The average Bonchev–Trinajstić information content (AvgIpc) is 3.51. The minimum Gasteiger partial charge on any atom is -0.363 e. The molecule has 31 heavy (non-hydrogen) atoms. The zero-order chi connectivity index (χ0) is 21.7. The standard InChI is InChI=1S/C18H14Cl2F2N6O2S/c19-11-5-4-10-14(31(29)26-12-7-25-28(18(21)22)17(12)30-20)8-23-15(10)16(11)27-13-3-1-2-9(13)6-24-27/h4-8,18,23,26H,1-3H2. The Morgan fingerprint density at radius 3 is 2.87 bits per heavy atom. The van der Waals surface area contributed by atoms with Crippen LogP contribution in [0.2, 0.25) is 5.02 Å². The van der Waals surface area contributed by atoms with Crippen LogP contribution in [0.15, 0.2) is 35.6 Å². The van der Waals surface area contributed by atoms with Crippen LogP contribution in [-0.4, -0.2) is 28.8 Å². The average molecular weight is 487 g/mol. The van der Waals surface area contributed by atoms with Gasteiger partial charge in [0.25, 0.3) is 5.88 Å². The topological polar surface area (TPSA) is 89.8 Å². The van der Waals surface area contributed by atoms with Crippen molar-refractivity contribution in [1.82, 2.24) is 24.5 Å². The van der Waals surface area contributed by atoms with E-state index in [1.54, 1.807) is 18.3 Å². The Morgan fingerprint density at radius 1 is 1.26 bits per heavy atom. The van der Waals surface area contributed by atoms with Crippen LogP contribution in [0.4, 0.5) is 14.5 Å². The molecule has 1 aliphatic carbocycles. The molecule has 0 saturated carbocycles. The summed E-state index contributed by atoms with van der Waals surface area (Å²) in [5.41, 5.74) is 3.58. The normalized spacial score (nSPS) is 14.4. The summed E-state index contributed by atoms with van der Waals surface area (Å²) in [6.45, 7) is -2.97. The molecule has 0 bridgehead atoms. The summed E-state index contributed by atoms with van der Waals surface area (Å²) in [5, 5.41) is 9.12. The quantitative estimate of drug-likeness (QED) is 0.411. The van der Waals surface area contributed by atoms with Crippen LogP contribution in [-0.2, 0) is 23.8 Å². The van der Waals surface area contributed by atoms with Crippen LogP contribution < -0.4 is 9.01 Å². The Morgan fingerprint density at radius 2 is 2.10 bits per heavy atom. The van der Waals surface area contributed by atoms with Crippen molar-refractivity contribution in [2.75, 3.05) is 4.72 Å². The lowest BCUT2D eigenvalue weighted by Crippen LogP contribution is -2.06. The molecule has 2 N–H and O–H groups in total. The number of rotatable bonds is 6. The third kappa shape index (κ3) is 3.27. The Kier molecular flexibility index (Phi) is 5.11. The summed E-state index contributed by atoms with van der Waals surface area (Å²) in [6.07, 6.45) is 7.40. The molecule has 0 radical (unpaired) electrons. The molecular formula is C18H14Cl2F2N6O2S. The summed E-state index contributed by atoms with van der Waals surface area (Å²) in [6, 6.07) is 3.44. The molecule has 162 valence electrons. The van der Waals surface area contributed by atoms with E-state index in [1.807, 2.05) is 10.9 Å². The molecule has 1 atom stereocenters. The molecule has 0 saturated heterocycles. The summed E-state index contributed by atoms with van der Waals surface area (Å²) in [4.78, 5) is 3.51. The van der Waals surface area contributed by atoms with Gasteiger partial charge in [-0.25, -0.2) is 8.89 Å². The first-order chi connectivity index (χ1) is 15.0. The van der Waals surface area contributed by atoms with Crippen molar-refractivity contribution in [3.8, 4) is 11.6 Å². The number of nitrogens with one attached hydrogen (secondary N) is 2. The lowest BCUT2D eigenvalue weighted by Gasteiger charge is -2.10. The molecule has 5 rings (SSSR count). The second-order valence-corrected chi connectivity index (χ2v) is 8.63. The maximum absolute atomic E-state index is 13.0. The van der Waals surface area contributed by atoms with Gasteiger partial charge in [0, 0.05) is 17.3 Å². The summed E-state index contributed by atoms with van der Waals surface area (Å²) < 4.78 is 48.2. The Bertz CT molecular complexity index is 1320. The second kappa shape index (κ2) is 7.81. The van der Waals surface area contributed by atoms with Gasteiger partial charge in [0.2, 0.25) is 0 Å². The Labute approximate surface area is 186 Å². The zero-order valence-electron chi connectivity index (χ0n) is 15.6. The van der Waals surface area contributed by atoms with Gasteiger partial charge >= 0.3 is 6.55 Å². The molecular weight excluding hydrogens is 473 g/mol. The zero-order valence-corrected chi connectivity index (χ0v) is 17.9. The van der Waals surface area contributed by atoms with Crippen LogP contribution in [0.1, 0.15) is 24.2 Å². The van der Waals surface area contributed by atoms with Gasteiger partial charge < -0.3 is 9.27 Å². The van der Waals surface area contributed by atoms with Crippen LogP contribution >= 0.6 is 23.5 Å². The summed E-state index contributed by atoms with van der Waals surface area (Å²) in [5.74, 6) is -0.444. The van der Waals surface area contributed by atoms with Crippen molar-refractivity contribution in [2.24, 2.45) is 0 Å². The number of alkyl halides is 2. The van der Waals surface area contributed by atoms with Gasteiger partial charge in [-0.2, -0.15) is 23.7 Å². The van der Waals surface area contributed by atoms with E-state index in [0.29, 0.717) is 26.5 Å². The van der Waals surface area contributed by atoms with Crippen LogP contribution in [0.3, 0.4) is 0 Å². The minimum atomic E-state index is -2.97. The number of aryl methyl sites for hydroxylation is 1. The lowest BCUT2D eigenvalue weighted by atomic mass is 10.2. The molecule has 13 heteroatoms. The van der Waals surface area contributed by atoms with Gasteiger partial charge in [0.1, 0.15) is 23.2 Å². The molecule has 4 aromatic rings. The maximum atomic E-state index is 13.0. The van der Waals surface area contributed by atoms with Gasteiger partial charge in [-0.3, -0.25) is 4.72 Å². The van der Waals surface area contributed by atoms with Gasteiger partial charge in [-0.05, 0) is 37.0 Å². The SMILES string of the molecule is O=S(Nc1cnn(C(F)F)c1OCl)c1c[nH]c2c(-n3ncc4c3CCC4)c(Cl)ccc12. The predicted octanol–water partition coefficient (Wildman–Crippen LogP) is 4.75. The molecule has 3 heterocycles. The van der Waals surface area contributed by atoms with E-state index in [9.17, 15) is 13.0 Å². The fourth-order valence-corrected chi connectivity index (χ4v) is 5.18. The van der Waals surface area contributed by atoms with E-state index in [-0.39, 0.29) is 10.4 Å². The molecule has 8 nitrogen and oxygen atoms in total. The molecule has 0 amide bonds. The number of hydrogen-bond acceptors (Lipinski definition) is 4. The molecule has 0 fully saturated rings. The van der Waals surface area contributed by atoms with Gasteiger partial charge in [-0.1, -0.05) is 11.6 Å². The summed E-state index contributed by atoms with van der Waals surface area (Å²) in [7, 11) is -1.84. The first-order valence-corrected chi connectivity index (χ1v) is 11.0. The molecule has 1 unspecified atom stereocenters. The monoisotopic (exact) mass is 486 g/mol. The molecule has 0 spiro atoms. The van der Waals surface area contributed by atoms with Gasteiger partial charge in [0.05, 0.1) is 27.8 Å². The number of nitrogens with zero attached hydrogens (tertiary/aromatic N) is 4. The first kappa shape index (κ1) is 20.3. The van der Waals surface area contributed by atoms with Crippen molar-refractivity contribution in [3.63, 3.8) is 0 Å². The van der Waals surface area contributed by atoms with Gasteiger partial charge in [0.15, 0.2) is 11.0 Å². The first-order valence-electron chi connectivity index (χ1n) is 9.18. The third-order valence-electron chi connectivity index (χ3n) is 5.18. The van der Waals surface area contributed by atoms with Crippen LogP contribution in [0.25, 0.3) is 16.6 Å². The van der Waals surface area contributed by atoms with Crippen molar-refractivity contribution >= 4 is 51.0 Å². The number of aromatic nitrogens is 5. The van der Waals surface area contributed by atoms with Crippen molar-refractivity contribution < 1.29 is 17.3 Å². The van der Waals surface area contributed by atoms with E-state index in [1.165, 1.54) is 5.56 Å². The fourth-order valence-electron chi connectivity index (χ4n) is 3.81. The smallest absolute Gasteiger partial charge is 0.336 e. The number of aromatic amines is 1. The Hall–Kier alpha value is -2.63. The van der Waals surface area contributed by atoms with Crippen molar-refractivity contribution in [2.45, 2.75) is 30.7 Å². The van der Waals surface area contributed by atoms with Gasteiger partial charge in [-0.15, -0.1) is 0 Å². The summed E-state index contributed by atoms with van der Waals surface area (Å²) >= 11 is 11.8. The largest absolute Gasteiger partial charge is 0.363 e. The van der Waals surface area contributed by atoms with E-state index in [0.717, 1.165) is 31.2 Å². The van der Waals surface area contributed by atoms with E-state index >= 15 is 0 Å². The lowest BCUT2D eigenvalue weighted by molar-refractivity contribution is 0.0515. The molecule has 0 aliphatic heterocycles. The second-order valence-electron chi connectivity index (χ2n) is 6.89. The Balaban J connectivity index is 1.54. The van der Waals surface area contributed by atoms with Crippen LogP contribution in [0, 0.1) is 0 Å².